The summed E-state index contributed by atoms with van der Waals surface area (Å²) in [6, 6.07) is 21.5. The zero-order chi connectivity index (χ0) is 44.6. The minimum Gasteiger partial charge on any atom is -0.488 e. The molecule has 0 unspecified atom stereocenters. The van der Waals surface area contributed by atoms with Crippen LogP contribution < -0.4 is 15.4 Å². The summed E-state index contributed by atoms with van der Waals surface area (Å²) >= 11 is 0. The van der Waals surface area contributed by atoms with Gasteiger partial charge >= 0.3 is 12.2 Å². The second kappa shape index (κ2) is 17.7. The van der Waals surface area contributed by atoms with E-state index in [4.69, 9.17) is 19.2 Å². The van der Waals surface area contributed by atoms with Crippen LogP contribution in [-0.4, -0.2) is 105 Å². The fourth-order valence-corrected chi connectivity index (χ4v) is 9.70. The summed E-state index contributed by atoms with van der Waals surface area (Å²) in [6.45, 7) is 5.54. The average Bonchev–Trinajstić information content (AvgIpc) is 4.13. The molecule has 5 heterocycles. The van der Waals surface area contributed by atoms with Gasteiger partial charge in [0.25, 0.3) is 5.91 Å². The predicted octanol–water partition coefficient (Wildman–Crippen LogP) is 7.12. The summed E-state index contributed by atoms with van der Waals surface area (Å²) in [7, 11) is 2.93. The maximum absolute atomic E-state index is 14.4. The van der Waals surface area contributed by atoms with Crippen LogP contribution >= 0.6 is 0 Å². The number of aromatic amines is 2. The third-order valence-corrected chi connectivity index (χ3v) is 12.8. The van der Waals surface area contributed by atoms with Gasteiger partial charge in [-0.3, -0.25) is 9.59 Å². The Bertz CT molecular complexity index is 2730. The van der Waals surface area contributed by atoms with Gasteiger partial charge in [0.2, 0.25) is 5.91 Å². The smallest absolute Gasteiger partial charge is 0.407 e. The quantitative estimate of drug-likeness (QED) is 0.0842. The first-order chi connectivity index (χ1) is 31.0. The third kappa shape index (κ3) is 8.20. The lowest BCUT2D eigenvalue weighted by molar-refractivity contribution is -0.135. The van der Waals surface area contributed by atoms with Gasteiger partial charge < -0.3 is 49.7 Å². The summed E-state index contributed by atoms with van der Waals surface area (Å²) in [6.07, 6.45) is 2.75. The lowest BCUT2D eigenvalue weighted by atomic mass is 9.92. The Balaban J connectivity index is 0.958. The van der Waals surface area contributed by atoms with Crippen LogP contribution in [0.25, 0.3) is 44.2 Å². The number of imidazole rings is 2. The van der Waals surface area contributed by atoms with E-state index in [1.165, 1.54) is 7.11 Å². The molecule has 0 spiro atoms. The molecule has 4 aromatic carbocycles. The number of benzene rings is 4. The molecule has 0 aliphatic carbocycles. The number of H-pyrrole nitrogens is 2. The van der Waals surface area contributed by atoms with Crippen molar-refractivity contribution in [2.45, 2.75) is 70.3 Å². The predicted molar refractivity (Wildman–Crippen MR) is 238 cm³/mol. The topological polar surface area (TPSA) is 204 Å². The second-order valence-corrected chi connectivity index (χ2v) is 17.3. The molecule has 9 rings (SSSR count). The monoisotopic (exact) mass is 868 g/mol. The number of fused-ring (bicyclic) bond motifs is 6. The number of amides is 4. The van der Waals surface area contributed by atoms with Crippen molar-refractivity contribution in [3.63, 3.8) is 0 Å². The van der Waals surface area contributed by atoms with Crippen molar-refractivity contribution >= 4 is 45.8 Å². The fraction of sp³-hybridized carbons (Fsp3) is 0.375. The minimum absolute atomic E-state index is 0.0588. The number of methoxy groups -OCH3 is 2. The summed E-state index contributed by atoms with van der Waals surface area (Å²) in [4.78, 5) is 72.1. The number of carboxylic acid groups (broad SMARTS) is 1. The number of aromatic nitrogens is 4. The molecule has 2 saturated heterocycles. The average molecular weight is 869 g/mol. The van der Waals surface area contributed by atoms with E-state index in [1.807, 2.05) is 56.4 Å². The molecular formula is C48H52N8O8. The number of ether oxygens (including phenoxy) is 3. The van der Waals surface area contributed by atoms with Crippen molar-refractivity contribution in [2.75, 3.05) is 33.9 Å². The van der Waals surface area contributed by atoms with Crippen LogP contribution in [0.15, 0.2) is 79.0 Å². The van der Waals surface area contributed by atoms with Gasteiger partial charge in [-0.2, -0.15) is 0 Å². The number of alkyl carbamates (subject to hydrolysis) is 1. The van der Waals surface area contributed by atoms with Crippen LogP contribution in [0.5, 0.6) is 5.75 Å². The Morgan fingerprint density at radius 1 is 0.953 bits per heavy atom. The molecule has 0 saturated carbocycles. The van der Waals surface area contributed by atoms with Crippen LogP contribution in [0.4, 0.5) is 9.59 Å². The highest BCUT2D eigenvalue weighted by Gasteiger charge is 2.42. The summed E-state index contributed by atoms with van der Waals surface area (Å²) in [5, 5.41) is 16.4. The first-order valence-electron chi connectivity index (χ1n) is 21.7. The number of hydrogen-bond acceptors (Lipinski definition) is 9. The second-order valence-electron chi connectivity index (χ2n) is 17.3. The van der Waals surface area contributed by atoms with Crippen LogP contribution in [0.1, 0.15) is 68.0 Å². The molecule has 3 aliphatic rings. The van der Waals surface area contributed by atoms with Crippen LogP contribution in [0.3, 0.4) is 0 Å². The van der Waals surface area contributed by atoms with Crippen molar-refractivity contribution in [1.82, 2.24) is 40.4 Å². The summed E-state index contributed by atoms with van der Waals surface area (Å²) in [5.41, 5.74) is 7.16. The highest BCUT2D eigenvalue weighted by Crippen LogP contribution is 2.44. The van der Waals surface area contributed by atoms with Gasteiger partial charge in [-0.15, -0.1) is 0 Å². The molecule has 64 heavy (non-hydrogen) atoms. The van der Waals surface area contributed by atoms with Gasteiger partial charge in [-0.05, 0) is 77.1 Å². The Kier molecular flexibility index (Phi) is 11.7. The van der Waals surface area contributed by atoms with E-state index < -0.39 is 30.3 Å². The van der Waals surface area contributed by atoms with E-state index in [2.05, 4.69) is 62.0 Å². The highest BCUT2D eigenvalue weighted by atomic mass is 16.5. The number of nitrogens with zero attached hydrogens (tertiary/aromatic N) is 4. The molecule has 3 aliphatic heterocycles. The molecule has 0 bridgehead atoms. The van der Waals surface area contributed by atoms with E-state index in [0.29, 0.717) is 50.5 Å². The number of carbonyl (C=O) groups excluding carboxylic acids is 3. The van der Waals surface area contributed by atoms with Crippen molar-refractivity contribution in [3.05, 3.63) is 102 Å². The molecule has 16 nitrogen and oxygen atoms in total. The van der Waals surface area contributed by atoms with Crippen LogP contribution in [0.2, 0.25) is 0 Å². The number of rotatable bonds is 12. The van der Waals surface area contributed by atoms with E-state index in [9.17, 15) is 24.3 Å². The summed E-state index contributed by atoms with van der Waals surface area (Å²) in [5.74, 6) is 1.59. The van der Waals surface area contributed by atoms with Crippen LogP contribution in [0, 0.1) is 11.8 Å². The first kappa shape index (κ1) is 42.4. The minimum atomic E-state index is -1.21. The van der Waals surface area contributed by atoms with Gasteiger partial charge in [0.05, 0.1) is 42.7 Å². The normalized spacial score (nSPS) is 19.0. The highest BCUT2D eigenvalue weighted by molar-refractivity contribution is 6.07. The number of hydrogen-bond donors (Lipinski definition) is 5. The molecule has 2 fully saturated rings. The largest absolute Gasteiger partial charge is 0.488 e. The molecule has 2 aromatic heterocycles. The molecule has 332 valence electrons. The zero-order valence-corrected chi connectivity index (χ0v) is 36.2. The fourth-order valence-electron chi connectivity index (χ4n) is 9.70. The van der Waals surface area contributed by atoms with Crippen molar-refractivity contribution in [1.29, 1.82) is 0 Å². The first-order valence-corrected chi connectivity index (χ1v) is 21.7. The maximum atomic E-state index is 14.4. The molecule has 4 amide bonds. The molecule has 6 aromatic rings. The van der Waals surface area contributed by atoms with Gasteiger partial charge in [0.15, 0.2) is 0 Å². The molecule has 5 atom stereocenters. The van der Waals surface area contributed by atoms with Crippen LogP contribution in [-0.2, 0) is 32.1 Å². The summed E-state index contributed by atoms with van der Waals surface area (Å²) < 4.78 is 16.9. The number of carbonyl (C=O) groups is 4. The maximum Gasteiger partial charge on any atom is 0.407 e. The lowest BCUT2D eigenvalue weighted by Gasteiger charge is -2.30. The Morgan fingerprint density at radius 2 is 1.78 bits per heavy atom. The van der Waals surface area contributed by atoms with Gasteiger partial charge in [-0.1, -0.05) is 62.4 Å². The standard InChI is InChI=1S/C48H52N8O8/c1-26(2)41(53-47(59)60)45(57)55-16-8-11-32(55)20-40-49-22-37(50-40)30-12-14-33-31(18-30)25-64-39-21-34-29(19-35(33)39)13-15-36-43(34)52-44(51-36)38-17-27(24-62-3)23-56(38)46(58)42(54-48(61)63-4)28-9-6-5-7-10-28/h5-7,9-10,12-15,18-19,21-22,26-27,32,38,41-42,53H,8,11,16-17,20,23-25H2,1-4H3,(H,49,50)(H,51,52)(H,54,61)(H,59,60)/t27-,32-,38-,41-,42+/m0/s1. The molecular weight excluding hydrogens is 817 g/mol. The van der Waals surface area contributed by atoms with Crippen molar-refractivity contribution in [3.8, 4) is 28.1 Å². The van der Waals surface area contributed by atoms with Gasteiger partial charge in [0, 0.05) is 49.5 Å². The SMILES string of the molecule is COC[C@H]1C[C@@H](c2nc3ccc4cc5c(cc4c3[nH]2)OCc2cc(-c3cnc(C[C@@H]4CCCN4C(=O)[C@@H](NC(=O)O)C(C)C)[nH]3)ccc2-5)N(C(=O)[C@H](NC(=O)OC)c2ccccc2)C1. The van der Waals surface area contributed by atoms with E-state index in [-0.39, 0.29) is 29.7 Å². The van der Waals surface area contributed by atoms with E-state index >= 15 is 0 Å². The number of likely N-dealkylation sites (tertiary alicyclic amines) is 2. The van der Waals surface area contributed by atoms with Crippen molar-refractivity contribution < 1.29 is 38.5 Å². The Hall–Kier alpha value is -6.94. The molecule has 16 heteroatoms. The van der Waals surface area contributed by atoms with Gasteiger partial charge in [-0.25, -0.2) is 19.6 Å². The van der Waals surface area contributed by atoms with E-state index in [0.717, 1.165) is 74.2 Å². The molecule has 5 N–H and O–H groups in total. The zero-order valence-electron chi connectivity index (χ0n) is 36.2. The Labute approximate surface area is 369 Å². The van der Waals surface area contributed by atoms with Gasteiger partial charge in [0.1, 0.15) is 36.1 Å². The Morgan fingerprint density at radius 3 is 2.55 bits per heavy atom. The van der Waals surface area contributed by atoms with E-state index in [1.54, 1.807) is 16.9 Å². The van der Waals surface area contributed by atoms with Crippen molar-refractivity contribution in [2.24, 2.45) is 11.8 Å². The number of nitrogens with one attached hydrogen (secondary N) is 4. The third-order valence-electron chi connectivity index (χ3n) is 12.8. The lowest BCUT2D eigenvalue weighted by Crippen LogP contribution is -2.52. The molecule has 0 radical (unpaired) electrons.